The highest BCUT2D eigenvalue weighted by atomic mass is 16.6. The number of hydrogen-bond acceptors (Lipinski definition) is 3. The maximum atomic E-state index is 5.55. The summed E-state index contributed by atoms with van der Waals surface area (Å²) in [6.07, 6.45) is 2.15. The maximum absolute atomic E-state index is 5.55. The first kappa shape index (κ1) is 8.51. The van der Waals surface area contributed by atoms with E-state index in [0.29, 0.717) is 12.7 Å². The lowest BCUT2D eigenvalue weighted by atomic mass is 10.2. The number of rotatable bonds is 3. The Morgan fingerprint density at radius 1 is 1.62 bits per heavy atom. The summed E-state index contributed by atoms with van der Waals surface area (Å²) < 4.78 is 10.6. The van der Waals surface area contributed by atoms with Crippen LogP contribution in [0.1, 0.15) is 11.3 Å². The molecule has 0 bridgehead atoms. The molecule has 0 radical (unpaired) electrons. The summed E-state index contributed by atoms with van der Waals surface area (Å²) in [6, 6.07) is 2.00. The van der Waals surface area contributed by atoms with Crippen LogP contribution in [0.15, 0.2) is 12.3 Å². The number of pyridine rings is 1. The van der Waals surface area contributed by atoms with E-state index in [1.807, 2.05) is 26.1 Å². The van der Waals surface area contributed by atoms with Crippen molar-refractivity contribution in [1.82, 2.24) is 4.98 Å². The zero-order chi connectivity index (χ0) is 9.26. The molecule has 0 aromatic carbocycles. The lowest BCUT2D eigenvalue weighted by molar-refractivity contribution is 0.260. The summed E-state index contributed by atoms with van der Waals surface area (Å²) in [5.41, 5.74) is 2.06. The Morgan fingerprint density at radius 2 is 2.38 bits per heavy atom. The molecule has 3 nitrogen and oxygen atoms in total. The Balaban J connectivity index is 2.03. The number of nitrogens with zero attached hydrogens (tertiary/aromatic N) is 1. The maximum Gasteiger partial charge on any atom is 0.140 e. The van der Waals surface area contributed by atoms with Gasteiger partial charge in [0.15, 0.2) is 0 Å². The van der Waals surface area contributed by atoms with Crippen LogP contribution in [0.2, 0.25) is 0 Å². The normalized spacial score (nSPS) is 20.0. The van der Waals surface area contributed by atoms with Crippen molar-refractivity contribution in [2.45, 2.75) is 20.0 Å². The fourth-order valence-corrected chi connectivity index (χ4v) is 1.10. The van der Waals surface area contributed by atoms with Crippen LogP contribution in [-0.4, -0.2) is 24.3 Å². The minimum absolute atomic E-state index is 0.305. The lowest BCUT2D eigenvalue weighted by Gasteiger charge is -2.07. The molecule has 0 amide bonds. The average Bonchev–Trinajstić information content (AvgIpc) is 2.90. The summed E-state index contributed by atoms with van der Waals surface area (Å²) in [4.78, 5) is 4.21. The van der Waals surface area contributed by atoms with Crippen LogP contribution < -0.4 is 4.74 Å². The van der Waals surface area contributed by atoms with Crippen molar-refractivity contribution >= 4 is 0 Å². The van der Waals surface area contributed by atoms with Crippen LogP contribution in [0.3, 0.4) is 0 Å². The van der Waals surface area contributed by atoms with Crippen molar-refractivity contribution in [3.8, 4) is 5.75 Å². The molecule has 0 aliphatic carbocycles. The second-order valence-corrected chi connectivity index (χ2v) is 3.36. The van der Waals surface area contributed by atoms with E-state index in [1.165, 1.54) is 0 Å². The molecule has 1 aliphatic rings. The summed E-state index contributed by atoms with van der Waals surface area (Å²) in [7, 11) is 0. The Hall–Kier alpha value is -1.09. The van der Waals surface area contributed by atoms with E-state index < -0.39 is 0 Å². The molecule has 1 aliphatic heterocycles. The van der Waals surface area contributed by atoms with Crippen molar-refractivity contribution in [1.29, 1.82) is 0 Å². The highest BCUT2D eigenvalue weighted by Gasteiger charge is 2.23. The largest absolute Gasteiger partial charge is 0.489 e. The van der Waals surface area contributed by atoms with Gasteiger partial charge in [0.1, 0.15) is 18.5 Å². The van der Waals surface area contributed by atoms with Gasteiger partial charge in [-0.25, -0.2) is 0 Å². The molecule has 1 aromatic rings. The van der Waals surface area contributed by atoms with Crippen molar-refractivity contribution in [3.63, 3.8) is 0 Å². The SMILES string of the molecule is Cc1cnc(C)c(OC[C@@H]2CO2)c1. The number of ether oxygens (including phenoxy) is 2. The van der Waals surface area contributed by atoms with Gasteiger partial charge in [0.05, 0.1) is 12.3 Å². The molecule has 1 aromatic heterocycles. The minimum Gasteiger partial charge on any atom is -0.489 e. The second kappa shape index (κ2) is 3.34. The van der Waals surface area contributed by atoms with Crippen LogP contribution in [0.25, 0.3) is 0 Å². The Kier molecular flexibility index (Phi) is 2.19. The molecule has 0 N–H and O–H groups in total. The van der Waals surface area contributed by atoms with Gasteiger partial charge in [-0.05, 0) is 25.5 Å². The minimum atomic E-state index is 0.305. The predicted molar refractivity (Wildman–Crippen MR) is 48.9 cm³/mol. The van der Waals surface area contributed by atoms with Gasteiger partial charge in [-0.3, -0.25) is 4.98 Å². The number of epoxide rings is 1. The van der Waals surface area contributed by atoms with Crippen LogP contribution in [0.4, 0.5) is 0 Å². The van der Waals surface area contributed by atoms with Gasteiger partial charge in [0.2, 0.25) is 0 Å². The molecule has 2 rings (SSSR count). The van der Waals surface area contributed by atoms with Gasteiger partial charge >= 0.3 is 0 Å². The van der Waals surface area contributed by atoms with Crippen LogP contribution in [-0.2, 0) is 4.74 Å². The standard InChI is InChI=1S/C10H13NO2/c1-7-3-10(8(2)11-4-7)13-6-9-5-12-9/h3-4,9H,5-6H2,1-2H3/t9-/m0/s1. The number of aryl methyl sites for hydroxylation is 2. The molecule has 1 fully saturated rings. The third-order valence-electron chi connectivity index (χ3n) is 2.00. The van der Waals surface area contributed by atoms with E-state index in [1.54, 1.807) is 0 Å². The molecule has 0 saturated carbocycles. The van der Waals surface area contributed by atoms with E-state index in [0.717, 1.165) is 23.6 Å². The first-order valence-corrected chi connectivity index (χ1v) is 4.43. The summed E-state index contributed by atoms with van der Waals surface area (Å²) in [5, 5.41) is 0. The van der Waals surface area contributed by atoms with Crippen LogP contribution in [0.5, 0.6) is 5.75 Å². The molecule has 1 saturated heterocycles. The van der Waals surface area contributed by atoms with Gasteiger partial charge in [0.25, 0.3) is 0 Å². The van der Waals surface area contributed by atoms with Crippen molar-refractivity contribution in [2.75, 3.05) is 13.2 Å². The van der Waals surface area contributed by atoms with E-state index >= 15 is 0 Å². The first-order chi connectivity index (χ1) is 6.25. The first-order valence-electron chi connectivity index (χ1n) is 4.43. The molecule has 0 unspecified atom stereocenters. The van der Waals surface area contributed by atoms with Crippen molar-refractivity contribution < 1.29 is 9.47 Å². The Labute approximate surface area is 77.7 Å². The zero-order valence-corrected chi connectivity index (χ0v) is 7.91. The van der Waals surface area contributed by atoms with Crippen LogP contribution in [0, 0.1) is 13.8 Å². The number of aromatic nitrogens is 1. The summed E-state index contributed by atoms with van der Waals surface area (Å²) in [5.74, 6) is 0.871. The highest BCUT2D eigenvalue weighted by Crippen LogP contribution is 2.18. The molecule has 70 valence electrons. The quantitative estimate of drug-likeness (QED) is 0.659. The second-order valence-electron chi connectivity index (χ2n) is 3.36. The molecule has 1 atom stereocenters. The average molecular weight is 179 g/mol. The summed E-state index contributed by atoms with van der Waals surface area (Å²) >= 11 is 0. The third-order valence-corrected chi connectivity index (χ3v) is 2.00. The van der Waals surface area contributed by atoms with E-state index in [9.17, 15) is 0 Å². The topological polar surface area (TPSA) is 34.6 Å². The van der Waals surface area contributed by atoms with Gasteiger partial charge in [-0.1, -0.05) is 0 Å². The van der Waals surface area contributed by atoms with E-state index in [2.05, 4.69) is 4.98 Å². The third kappa shape index (κ3) is 2.18. The van der Waals surface area contributed by atoms with Crippen LogP contribution >= 0.6 is 0 Å². The molecule has 2 heterocycles. The Morgan fingerprint density at radius 3 is 3.08 bits per heavy atom. The molecular weight excluding hydrogens is 166 g/mol. The van der Waals surface area contributed by atoms with E-state index in [-0.39, 0.29) is 0 Å². The monoisotopic (exact) mass is 179 g/mol. The fraction of sp³-hybridized carbons (Fsp3) is 0.500. The van der Waals surface area contributed by atoms with Gasteiger partial charge in [0, 0.05) is 6.20 Å². The smallest absolute Gasteiger partial charge is 0.140 e. The fourth-order valence-electron chi connectivity index (χ4n) is 1.10. The molecule has 13 heavy (non-hydrogen) atoms. The Bertz CT molecular complexity index is 308. The summed E-state index contributed by atoms with van der Waals surface area (Å²) in [6.45, 7) is 5.43. The van der Waals surface area contributed by atoms with Gasteiger partial charge in [-0.2, -0.15) is 0 Å². The molecular formula is C10H13NO2. The van der Waals surface area contributed by atoms with Gasteiger partial charge in [-0.15, -0.1) is 0 Å². The predicted octanol–water partition coefficient (Wildman–Crippen LogP) is 1.48. The highest BCUT2D eigenvalue weighted by molar-refractivity contribution is 5.29. The number of hydrogen-bond donors (Lipinski definition) is 0. The molecule has 3 heteroatoms. The van der Waals surface area contributed by atoms with Crippen molar-refractivity contribution in [3.05, 3.63) is 23.5 Å². The van der Waals surface area contributed by atoms with E-state index in [4.69, 9.17) is 9.47 Å². The van der Waals surface area contributed by atoms with Gasteiger partial charge < -0.3 is 9.47 Å². The van der Waals surface area contributed by atoms with Crippen molar-refractivity contribution in [2.24, 2.45) is 0 Å². The zero-order valence-electron chi connectivity index (χ0n) is 7.91. The lowest BCUT2D eigenvalue weighted by Crippen LogP contribution is -2.05. The molecule has 0 spiro atoms.